The van der Waals surface area contributed by atoms with Crippen molar-refractivity contribution in [2.24, 2.45) is 5.92 Å². The Labute approximate surface area is 383 Å². The smallest absolute Gasteiger partial charge is 0.411 e. The first-order chi connectivity index (χ1) is 31.1. The van der Waals surface area contributed by atoms with Crippen molar-refractivity contribution in [3.63, 3.8) is 0 Å². The number of likely N-dealkylation sites (tertiary alicyclic amines) is 2. The quantitative estimate of drug-likeness (QED) is 0.0645. The second kappa shape index (κ2) is 21.0. The number of rotatable bonds is 15. The number of nitrogens with zero attached hydrogens (tertiary/aromatic N) is 2. The van der Waals surface area contributed by atoms with E-state index >= 15 is 0 Å². The van der Waals surface area contributed by atoms with Crippen LogP contribution in [0.1, 0.15) is 70.1 Å². The zero-order valence-electron chi connectivity index (χ0n) is 38.3. The predicted molar refractivity (Wildman–Crippen MR) is 259 cm³/mol. The van der Waals surface area contributed by atoms with Crippen LogP contribution in [0.3, 0.4) is 0 Å². The fraction of sp³-hybridized carbons (Fsp3) is 0.412. The van der Waals surface area contributed by atoms with E-state index in [1.54, 1.807) is 12.1 Å². The van der Waals surface area contributed by atoms with Gasteiger partial charge in [-0.2, -0.15) is 0 Å². The number of para-hydroxylation sites is 1. The van der Waals surface area contributed by atoms with Crippen molar-refractivity contribution in [3.8, 4) is 16.9 Å². The third-order valence-corrected chi connectivity index (χ3v) is 17.8. The van der Waals surface area contributed by atoms with E-state index in [1.807, 2.05) is 89.8 Å². The molecule has 2 aliphatic rings. The maximum atomic E-state index is 13.3. The summed E-state index contributed by atoms with van der Waals surface area (Å²) in [6.45, 7) is 15.4. The molecule has 13 nitrogen and oxygen atoms in total. The Morgan fingerprint density at radius 1 is 0.831 bits per heavy atom. The summed E-state index contributed by atoms with van der Waals surface area (Å²) in [5.41, 5.74) is 5.44. The predicted octanol–water partition coefficient (Wildman–Crippen LogP) is 9.03. The van der Waals surface area contributed by atoms with Gasteiger partial charge in [-0.25, -0.2) is 4.79 Å². The number of phenols is 1. The molecule has 0 saturated carbocycles. The number of hydrogen-bond donors (Lipinski definition) is 5. The van der Waals surface area contributed by atoms with Crippen LogP contribution in [0.15, 0.2) is 108 Å². The lowest BCUT2D eigenvalue weighted by Gasteiger charge is -2.39. The minimum atomic E-state index is -2.22. The largest absolute Gasteiger partial charge is 0.506 e. The van der Waals surface area contributed by atoms with Crippen molar-refractivity contribution in [3.05, 3.63) is 125 Å². The van der Waals surface area contributed by atoms with Crippen LogP contribution >= 0.6 is 0 Å². The lowest BCUT2D eigenvalue weighted by Crippen LogP contribution is -2.43. The highest BCUT2D eigenvalue weighted by atomic mass is 28.4. The number of aromatic nitrogens is 1. The molecule has 1 atom stereocenters. The van der Waals surface area contributed by atoms with Gasteiger partial charge in [0, 0.05) is 80.9 Å². The zero-order chi connectivity index (χ0) is 46.1. The van der Waals surface area contributed by atoms with Crippen LogP contribution in [0.2, 0.25) is 18.1 Å². The summed E-state index contributed by atoms with van der Waals surface area (Å²) in [5, 5.41) is 20.8. The molecule has 0 radical (unpaired) electrons. The zero-order valence-corrected chi connectivity index (χ0v) is 39.3. The van der Waals surface area contributed by atoms with Crippen LogP contribution in [0.25, 0.3) is 22.0 Å². The molecular weight excluding hydrogens is 837 g/mol. The number of aromatic amines is 1. The van der Waals surface area contributed by atoms with E-state index in [4.69, 9.17) is 9.16 Å². The summed E-state index contributed by atoms with van der Waals surface area (Å²) >= 11 is 0. The average molecular weight is 901 g/mol. The molecule has 344 valence electrons. The highest BCUT2D eigenvalue weighted by Gasteiger charge is 2.40. The molecule has 1 aromatic heterocycles. The van der Waals surface area contributed by atoms with Crippen molar-refractivity contribution in [1.82, 2.24) is 20.1 Å². The lowest BCUT2D eigenvalue weighted by molar-refractivity contribution is -0.134. The van der Waals surface area contributed by atoms with Crippen LogP contribution in [-0.4, -0.2) is 91.5 Å². The highest BCUT2D eigenvalue weighted by Crippen LogP contribution is 2.41. The van der Waals surface area contributed by atoms with E-state index < -0.39 is 14.4 Å². The molecule has 14 heteroatoms. The molecule has 2 aliphatic heterocycles. The number of ether oxygens (including phenoxy) is 1. The molecular formula is C51H64N6O7Si. The molecule has 7 rings (SSSR count). The Balaban J connectivity index is 0.815. The fourth-order valence-corrected chi connectivity index (χ4v) is 9.67. The molecule has 5 N–H and O–H groups in total. The van der Waals surface area contributed by atoms with E-state index in [9.17, 15) is 24.3 Å². The first-order valence-corrected chi connectivity index (χ1v) is 25.8. The number of aromatic hydroxyl groups is 1. The molecule has 3 heterocycles. The van der Waals surface area contributed by atoms with Gasteiger partial charge in [0.2, 0.25) is 17.4 Å². The number of H-pyrrole nitrogens is 1. The number of pyridine rings is 1. The van der Waals surface area contributed by atoms with Gasteiger partial charge >= 0.3 is 6.09 Å². The summed E-state index contributed by atoms with van der Waals surface area (Å²) in [7, 11) is -2.22. The molecule has 4 aromatic carbocycles. The van der Waals surface area contributed by atoms with Gasteiger partial charge in [-0.1, -0.05) is 87.5 Å². The molecule has 2 fully saturated rings. The lowest BCUT2D eigenvalue weighted by atomic mass is 9.95. The van der Waals surface area contributed by atoms with Gasteiger partial charge in [0.15, 0.2) is 8.32 Å². The summed E-state index contributed by atoms with van der Waals surface area (Å²) in [5.74, 6) is -0.0821. The van der Waals surface area contributed by atoms with E-state index in [0.717, 1.165) is 46.4 Å². The summed E-state index contributed by atoms with van der Waals surface area (Å²) in [6, 6.07) is 32.1. The number of amides is 3. The van der Waals surface area contributed by atoms with Crippen LogP contribution in [0.5, 0.6) is 5.75 Å². The number of phenolic OH excluding ortho intramolecular Hbond substituents is 1. The summed E-state index contributed by atoms with van der Waals surface area (Å²) in [4.78, 5) is 58.4. The fourth-order valence-electron chi connectivity index (χ4n) is 8.39. The van der Waals surface area contributed by atoms with Crippen molar-refractivity contribution >= 4 is 48.5 Å². The standard InChI is InChI=1S/C51H64N6O7Si/c1-51(2,3)65(4,5)64-45(41-19-21-44(58)48-42(41)20-22-46(59)55-48)34-52-33-35-15-17-38(18-16-35)53-49(61)37-23-31-57(32-24-37)47(60)27-30-56-28-25-39(26-29-56)63-50(62)54-43-14-10-9-13-40(43)36-11-7-6-8-12-36/h6-22,37,39,45,52,58H,23-34H2,1-5H3,(H,53,61)(H,54,62)(H,55,59)/t45-/m0/s1. The number of piperidine rings is 2. The number of carbonyl (C=O) groups is 3. The van der Waals surface area contributed by atoms with Crippen LogP contribution in [0, 0.1) is 5.92 Å². The Hall–Kier alpha value is -5.80. The van der Waals surface area contributed by atoms with Crippen molar-refractivity contribution in [2.75, 3.05) is 49.9 Å². The second-order valence-electron chi connectivity index (χ2n) is 18.9. The van der Waals surface area contributed by atoms with E-state index in [2.05, 4.69) is 59.7 Å². The normalized spacial score (nSPS) is 16.0. The van der Waals surface area contributed by atoms with E-state index in [-0.39, 0.29) is 46.3 Å². The van der Waals surface area contributed by atoms with Crippen molar-refractivity contribution in [1.29, 1.82) is 0 Å². The van der Waals surface area contributed by atoms with Gasteiger partial charge in [-0.05, 0) is 90.8 Å². The highest BCUT2D eigenvalue weighted by molar-refractivity contribution is 6.74. The molecule has 2 saturated heterocycles. The summed E-state index contributed by atoms with van der Waals surface area (Å²) in [6.07, 6.45) is 2.10. The van der Waals surface area contributed by atoms with Gasteiger partial charge in [0.25, 0.3) is 0 Å². The monoisotopic (exact) mass is 900 g/mol. The third kappa shape index (κ3) is 12.3. The Kier molecular flexibility index (Phi) is 15.2. The van der Waals surface area contributed by atoms with Gasteiger partial charge in [0.05, 0.1) is 17.3 Å². The molecule has 0 aliphatic carbocycles. The van der Waals surface area contributed by atoms with E-state index in [1.165, 1.54) is 6.07 Å². The maximum absolute atomic E-state index is 13.3. The SMILES string of the molecule is CC(C)(C)[Si](C)(C)O[C@@H](CNCc1ccc(NC(=O)C2CCN(C(=O)CCN3CCC(OC(=O)Nc4ccccc4-c4ccccc4)CC3)CC2)cc1)c1ccc(O)c2[nH]c(=O)ccc12. The molecule has 0 spiro atoms. The average Bonchev–Trinajstić information content (AvgIpc) is 3.29. The molecule has 0 bridgehead atoms. The van der Waals surface area contributed by atoms with Crippen molar-refractivity contribution < 1.29 is 28.7 Å². The van der Waals surface area contributed by atoms with Gasteiger partial charge in [-0.15, -0.1) is 0 Å². The van der Waals surface area contributed by atoms with Gasteiger partial charge in [0.1, 0.15) is 11.9 Å². The van der Waals surface area contributed by atoms with Crippen LogP contribution in [0.4, 0.5) is 16.2 Å². The number of nitrogens with one attached hydrogen (secondary N) is 4. The molecule has 5 aromatic rings. The third-order valence-electron chi connectivity index (χ3n) is 13.3. The number of fused-ring (bicyclic) bond motifs is 1. The first-order valence-electron chi connectivity index (χ1n) is 22.9. The second-order valence-corrected chi connectivity index (χ2v) is 23.6. The maximum Gasteiger partial charge on any atom is 0.411 e. The number of benzene rings is 4. The number of anilines is 2. The molecule has 3 amide bonds. The van der Waals surface area contributed by atoms with Crippen LogP contribution in [-0.2, 0) is 25.3 Å². The molecule has 0 unspecified atom stereocenters. The topological polar surface area (TPSA) is 165 Å². The number of carbonyl (C=O) groups excluding carboxylic acids is 3. The summed E-state index contributed by atoms with van der Waals surface area (Å²) < 4.78 is 12.7. The Morgan fingerprint density at radius 3 is 2.23 bits per heavy atom. The van der Waals surface area contributed by atoms with Crippen LogP contribution < -0.4 is 21.5 Å². The minimum Gasteiger partial charge on any atom is -0.506 e. The molecule has 65 heavy (non-hydrogen) atoms. The Morgan fingerprint density at radius 2 is 1.52 bits per heavy atom. The van der Waals surface area contributed by atoms with E-state index in [0.29, 0.717) is 76.0 Å². The van der Waals surface area contributed by atoms with Gasteiger partial charge < -0.3 is 39.7 Å². The van der Waals surface area contributed by atoms with Crippen molar-refractivity contribution in [2.45, 2.75) is 89.8 Å². The first kappa shape index (κ1) is 47.2. The van der Waals surface area contributed by atoms with Gasteiger partial charge in [-0.3, -0.25) is 19.7 Å². The minimum absolute atomic E-state index is 0.0162. The Bertz CT molecular complexity index is 2470. The number of hydrogen-bond acceptors (Lipinski definition) is 9.